The molecule has 0 saturated carbocycles. The van der Waals surface area contributed by atoms with Crippen molar-refractivity contribution in [2.75, 3.05) is 7.11 Å². The number of hydrogen-bond acceptors (Lipinski definition) is 6. The number of carbonyl (C=O) groups excluding carboxylic acids is 1. The van der Waals surface area contributed by atoms with E-state index in [2.05, 4.69) is 4.98 Å². The molecule has 0 N–H and O–H groups in total. The number of hydrogen-bond donors (Lipinski definition) is 0. The normalized spacial score (nSPS) is 11.3. The molecule has 3 rings (SSSR count). The summed E-state index contributed by atoms with van der Waals surface area (Å²) in [5, 5.41) is 1.17. The van der Waals surface area contributed by atoms with Crippen molar-refractivity contribution in [3.63, 3.8) is 0 Å². The Morgan fingerprint density at radius 2 is 2.07 bits per heavy atom. The van der Waals surface area contributed by atoms with Crippen LogP contribution in [0.2, 0.25) is 5.02 Å². The van der Waals surface area contributed by atoms with E-state index >= 15 is 0 Å². The van der Waals surface area contributed by atoms with Crippen molar-refractivity contribution in [2.45, 2.75) is 26.6 Å². The van der Waals surface area contributed by atoms with Crippen LogP contribution in [0.1, 0.15) is 24.4 Å². The number of para-hydroxylation sites is 1. The zero-order valence-electron chi connectivity index (χ0n) is 15.8. The van der Waals surface area contributed by atoms with E-state index in [-0.39, 0.29) is 12.7 Å². The van der Waals surface area contributed by atoms with Gasteiger partial charge in [0, 0.05) is 6.08 Å². The Hall–Kier alpha value is -2.57. The monoisotopic (exact) mass is 417 g/mol. The summed E-state index contributed by atoms with van der Waals surface area (Å²) in [5.74, 6) is 0.523. The molecule has 28 heavy (non-hydrogen) atoms. The number of esters is 1. The Bertz CT molecular complexity index is 980. The lowest BCUT2D eigenvalue weighted by Crippen LogP contribution is -2.07. The van der Waals surface area contributed by atoms with Crippen LogP contribution in [-0.2, 0) is 16.1 Å². The largest absolute Gasteiger partial charge is 0.493 e. The molecule has 1 aromatic heterocycles. The average Bonchev–Trinajstić information content (AvgIpc) is 3.09. The molecule has 7 heteroatoms. The summed E-state index contributed by atoms with van der Waals surface area (Å²) in [5.41, 5.74) is 1.61. The highest BCUT2D eigenvalue weighted by molar-refractivity contribution is 7.18. The summed E-state index contributed by atoms with van der Waals surface area (Å²) < 4.78 is 17.4. The van der Waals surface area contributed by atoms with Gasteiger partial charge < -0.3 is 14.2 Å². The summed E-state index contributed by atoms with van der Waals surface area (Å²) in [6.07, 6.45) is 2.93. The molecular weight excluding hydrogens is 398 g/mol. The van der Waals surface area contributed by atoms with Gasteiger partial charge in [0.15, 0.2) is 11.5 Å². The van der Waals surface area contributed by atoms with Gasteiger partial charge in [-0.3, -0.25) is 0 Å². The number of fused-ring (bicyclic) bond motifs is 1. The molecule has 0 fully saturated rings. The smallest absolute Gasteiger partial charge is 0.331 e. The molecule has 0 spiro atoms. The molecule has 0 saturated heterocycles. The van der Waals surface area contributed by atoms with Crippen molar-refractivity contribution in [1.82, 2.24) is 4.98 Å². The van der Waals surface area contributed by atoms with Crippen LogP contribution >= 0.6 is 22.9 Å². The lowest BCUT2D eigenvalue weighted by atomic mass is 10.2. The number of halogens is 1. The molecule has 5 nitrogen and oxygen atoms in total. The summed E-state index contributed by atoms with van der Waals surface area (Å²) in [6.45, 7) is 3.95. The Morgan fingerprint density at radius 3 is 2.79 bits per heavy atom. The lowest BCUT2D eigenvalue weighted by Gasteiger charge is -2.15. The van der Waals surface area contributed by atoms with Gasteiger partial charge in [-0.1, -0.05) is 23.7 Å². The second-order valence-corrected chi connectivity index (χ2v) is 7.74. The molecule has 2 aromatic carbocycles. The Morgan fingerprint density at radius 1 is 1.29 bits per heavy atom. The number of rotatable bonds is 7. The molecule has 1 heterocycles. The summed E-state index contributed by atoms with van der Waals surface area (Å²) in [6, 6.07) is 11.3. The maximum atomic E-state index is 12.0. The van der Waals surface area contributed by atoms with Crippen LogP contribution in [-0.4, -0.2) is 24.2 Å². The summed E-state index contributed by atoms with van der Waals surface area (Å²) in [7, 11) is 1.54. The second kappa shape index (κ2) is 9.08. The molecule has 0 aliphatic carbocycles. The number of carbonyl (C=O) groups is 1. The van der Waals surface area contributed by atoms with E-state index in [1.54, 1.807) is 25.3 Å². The van der Waals surface area contributed by atoms with E-state index in [4.69, 9.17) is 25.8 Å². The number of nitrogens with zero attached hydrogens (tertiary/aromatic N) is 1. The van der Waals surface area contributed by atoms with Crippen molar-refractivity contribution in [3.05, 3.63) is 58.1 Å². The molecule has 0 bridgehead atoms. The van der Waals surface area contributed by atoms with E-state index < -0.39 is 5.97 Å². The molecule has 0 aliphatic heterocycles. The zero-order valence-corrected chi connectivity index (χ0v) is 17.3. The van der Waals surface area contributed by atoms with Crippen molar-refractivity contribution in [2.24, 2.45) is 0 Å². The number of ether oxygens (including phenoxy) is 3. The van der Waals surface area contributed by atoms with Crippen LogP contribution in [0.5, 0.6) is 11.5 Å². The molecule has 0 unspecified atom stereocenters. The van der Waals surface area contributed by atoms with Gasteiger partial charge in [0.2, 0.25) is 0 Å². The second-order valence-electron chi connectivity index (χ2n) is 6.22. The van der Waals surface area contributed by atoms with E-state index in [1.165, 1.54) is 17.4 Å². The first-order chi connectivity index (χ1) is 13.5. The van der Waals surface area contributed by atoms with Crippen LogP contribution in [0.3, 0.4) is 0 Å². The third kappa shape index (κ3) is 5.03. The summed E-state index contributed by atoms with van der Waals surface area (Å²) >= 11 is 7.80. The van der Waals surface area contributed by atoms with Crippen LogP contribution in [0.4, 0.5) is 0 Å². The van der Waals surface area contributed by atoms with Gasteiger partial charge in [-0.25, -0.2) is 9.78 Å². The van der Waals surface area contributed by atoms with E-state index in [1.807, 2.05) is 38.1 Å². The van der Waals surface area contributed by atoms with Crippen LogP contribution in [0.25, 0.3) is 16.3 Å². The van der Waals surface area contributed by atoms with E-state index in [0.717, 1.165) is 15.2 Å². The SMILES string of the molecule is COc1cc(/C=C/C(=O)OCc2nc3ccccc3s2)cc(Cl)c1OC(C)C. The third-order valence-electron chi connectivity index (χ3n) is 3.69. The molecule has 0 radical (unpaired) electrons. The first-order valence-corrected chi connectivity index (χ1v) is 9.89. The van der Waals surface area contributed by atoms with Crippen molar-refractivity contribution < 1.29 is 19.0 Å². The number of methoxy groups -OCH3 is 1. The van der Waals surface area contributed by atoms with Crippen molar-refractivity contribution in [1.29, 1.82) is 0 Å². The first-order valence-electron chi connectivity index (χ1n) is 8.69. The fraction of sp³-hybridized carbons (Fsp3) is 0.238. The molecule has 0 aliphatic rings. The highest BCUT2D eigenvalue weighted by Crippen LogP contribution is 2.37. The quantitative estimate of drug-likeness (QED) is 0.375. The maximum absolute atomic E-state index is 12.0. The van der Waals surface area contributed by atoms with Gasteiger partial charge in [0.1, 0.15) is 11.6 Å². The summed E-state index contributed by atoms with van der Waals surface area (Å²) in [4.78, 5) is 16.5. The molecule has 3 aromatic rings. The van der Waals surface area contributed by atoms with Gasteiger partial charge in [-0.05, 0) is 49.8 Å². The zero-order chi connectivity index (χ0) is 20.1. The molecule has 0 atom stereocenters. The van der Waals surface area contributed by atoms with E-state index in [0.29, 0.717) is 22.1 Å². The minimum atomic E-state index is -0.461. The highest BCUT2D eigenvalue weighted by atomic mass is 35.5. The van der Waals surface area contributed by atoms with Crippen LogP contribution in [0, 0.1) is 0 Å². The average molecular weight is 418 g/mol. The van der Waals surface area contributed by atoms with Gasteiger partial charge in [-0.15, -0.1) is 11.3 Å². The van der Waals surface area contributed by atoms with Crippen LogP contribution in [0.15, 0.2) is 42.5 Å². The van der Waals surface area contributed by atoms with Crippen LogP contribution < -0.4 is 9.47 Å². The topological polar surface area (TPSA) is 57.7 Å². The Balaban J connectivity index is 1.65. The third-order valence-corrected chi connectivity index (χ3v) is 4.98. The molecule has 146 valence electrons. The number of thiazole rings is 1. The number of aromatic nitrogens is 1. The number of benzene rings is 2. The van der Waals surface area contributed by atoms with Gasteiger partial charge >= 0.3 is 5.97 Å². The van der Waals surface area contributed by atoms with E-state index in [9.17, 15) is 4.79 Å². The van der Waals surface area contributed by atoms with Crippen molar-refractivity contribution in [3.8, 4) is 11.5 Å². The fourth-order valence-corrected chi connectivity index (χ4v) is 3.66. The molecular formula is C21H20ClNO4S. The predicted molar refractivity (Wildman–Crippen MR) is 112 cm³/mol. The minimum Gasteiger partial charge on any atom is -0.493 e. The standard InChI is InChI=1S/C21H20ClNO4S/c1-13(2)27-21-15(22)10-14(11-17(21)25-3)8-9-20(24)26-12-19-23-16-6-4-5-7-18(16)28-19/h4-11,13H,12H2,1-3H3/b9-8+. The predicted octanol–water partition coefficient (Wildman–Crippen LogP) is 5.50. The van der Waals surface area contributed by atoms with Gasteiger partial charge in [-0.2, -0.15) is 0 Å². The fourth-order valence-electron chi connectivity index (χ4n) is 2.51. The Kier molecular flexibility index (Phi) is 6.54. The first kappa shape index (κ1) is 20.2. The lowest BCUT2D eigenvalue weighted by molar-refractivity contribution is -0.138. The van der Waals surface area contributed by atoms with Gasteiger partial charge in [0.25, 0.3) is 0 Å². The minimum absolute atomic E-state index is 0.0368. The maximum Gasteiger partial charge on any atom is 0.331 e. The molecule has 0 amide bonds. The Labute approximate surface area is 172 Å². The van der Waals surface area contributed by atoms with Gasteiger partial charge in [0.05, 0.1) is 28.5 Å². The van der Waals surface area contributed by atoms with Crippen molar-refractivity contribution >= 4 is 45.2 Å². The highest BCUT2D eigenvalue weighted by Gasteiger charge is 2.13.